The lowest BCUT2D eigenvalue weighted by Gasteiger charge is -2.32. The molecule has 3 nitrogen and oxygen atoms in total. The Kier molecular flexibility index (Phi) is 5.34. The zero-order valence-electron chi connectivity index (χ0n) is 10.6. The van der Waals surface area contributed by atoms with Crippen molar-refractivity contribution in [3.05, 3.63) is 35.6 Å². The third kappa shape index (κ3) is 4.01. The SMILES string of the molecule is O=C(c1cccc(F)c1)N1CCC(OCCBr)CC1. The molecule has 0 aromatic heterocycles. The molecule has 1 aromatic rings. The van der Waals surface area contributed by atoms with Gasteiger partial charge in [0.2, 0.25) is 0 Å². The van der Waals surface area contributed by atoms with Crippen LogP contribution in [-0.2, 0) is 4.74 Å². The Hall–Kier alpha value is -0.940. The number of hydrogen-bond acceptors (Lipinski definition) is 2. The number of benzene rings is 1. The van der Waals surface area contributed by atoms with Gasteiger partial charge in [0.1, 0.15) is 5.82 Å². The second-order valence-corrected chi connectivity index (χ2v) is 5.35. The zero-order chi connectivity index (χ0) is 13.7. The normalized spacial score (nSPS) is 16.6. The van der Waals surface area contributed by atoms with Crippen LogP contribution in [0.4, 0.5) is 4.39 Å². The summed E-state index contributed by atoms with van der Waals surface area (Å²) in [5, 5.41) is 0.829. The minimum absolute atomic E-state index is 0.0987. The minimum Gasteiger partial charge on any atom is -0.377 e. The van der Waals surface area contributed by atoms with Gasteiger partial charge in [-0.3, -0.25) is 4.79 Å². The topological polar surface area (TPSA) is 29.5 Å². The number of hydrogen-bond donors (Lipinski definition) is 0. The van der Waals surface area contributed by atoms with Crippen molar-refractivity contribution in [2.75, 3.05) is 25.0 Å². The molecule has 104 valence electrons. The number of nitrogens with zero attached hydrogens (tertiary/aromatic N) is 1. The van der Waals surface area contributed by atoms with Crippen LogP contribution in [0.15, 0.2) is 24.3 Å². The molecule has 1 saturated heterocycles. The first kappa shape index (κ1) is 14.5. The van der Waals surface area contributed by atoms with Crippen LogP contribution in [0, 0.1) is 5.82 Å². The van der Waals surface area contributed by atoms with E-state index in [4.69, 9.17) is 4.74 Å². The number of piperidine rings is 1. The number of rotatable bonds is 4. The summed E-state index contributed by atoms with van der Waals surface area (Å²) in [6.45, 7) is 2.03. The van der Waals surface area contributed by atoms with Crippen LogP contribution in [0.1, 0.15) is 23.2 Å². The molecule has 1 heterocycles. The Morgan fingerprint density at radius 3 is 2.79 bits per heavy atom. The van der Waals surface area contributed by atoms with Crippen molar-refractivity contribution < 1.29 is 13.9 Å². The average Bonchev–Trinajstić information content (AvgIpc) is 2.45. The molecule has 1 aliphatic rings. The van der Waals surface area contributed by atoms with Crippen molar-refractivity contribution >= 4 is 21.8 Å². The molecule has 1 aromatic carbocycles. The molecular formula is C14H17BrFNO2. The van der Waals surface area contributed by atoms with Crippen molar-refractivity contribution in [1.82, 2.24) is 4.90 Å². The highest BCUT2D eigenvalue weighted by molar-refractivity contribution is 9.09. The molecule has 19 heavy (non-hydrogen) atoms. The molecule has 1 fully saturated rings. The van der Waals surface area contributed by atoms with Gasteiger partial charge < -0.3 is 9.64 Å². The molecule has 1 aliphatic heterocycles. The van der Waals surface area contributed by atoms with Crippen LogP contribution in [0.5, 0.6) is 0 Å². The molecule has 0 saturated carbocycles. The lowest BCUT2D eigenvalue weighted by atomic mass is 10.1. The first-order valence-electron chi connectivity index (χ1n) is 6.43. The highest BCUT2D eigenvalue weighted by Gasteiger charge is 2.23. The summed E-state index contributed by atoms with van der Waals surface area (Å²) in [7, 11) is 0. The van der Waals surface area contributed by atoms with Crippen LogP contribution in [0.25, 0.3) is 0 Å². The molecule has 5 heteroatoms. The van der Waals surface area contributed by atoms with Crippen LogP contribution >= 0.6 is 15.9 Å². The average molecular weight is 330 g/mol. The van der Waals surface area contributed by atoms with Gasteiger partial charge in [-0.15, -0.1) is 0 Å². The second-order valence-electron chi connectivity index (χ2n) is 4.56. The van der Waals surface area contributed by atoms with Gasteiger partial charge in [-0.2, -0.15) is 0 Å². The van der Waals surface area contributed by atoms with E-state index in [2.05, 4.69) is 15.9 Å². The second kappa shape index (κ2) is 7.01. The predicted molar refractivity (Wildman–Crippen MR) is 75.1 cm³/mol. The van der Waals surface area contributed by atoms with Gasteiger partial charge in [-0.25, -0.2) is 4.39 Å². The van der Waals surface area contributed by atoms with Gasteiger partial charge in [0, 0.05) is 24.0 Å². The van der Waals surface area contributed by atoms with Gasteiger partial charge in [0.25, 0.3) is 5.91 Å². The summed E-state index contributed by atoms with van der Waals surface area (Å²) in [5.74, 6) is -0.472. The summed E-state index contributed by atoms with van der Waals surface area (Å²) in [6, 6.07) is 5.85. The van der Waals surface area contributed by atoms with Crippen molar-refractivity contribution in [3.8, 4) is 0 Å². The molecule has 0 unspecified atom stereocenters. The monoisotopic (exact) mass is 329 g/mol. The van der Waals surface area contributed by atoms with E-state index in [1.807, 2.05) is 0 Å². The maximum Gasteiger partial charge on any atom is 0.253 e. The fourth-order valence-electron chi connectivity index (χ4n) is 2.24. The minimum atomic E-state index is -0.374. The third-order valence-electron chi connectivity index (χ3n) is 3.23. The van der Waals surface area contributed by atoms with Gasteiger partial charge in [-0.1, -0.05) is 22.0 Å². The highest BCUT2D eigenvalue weighted by Crippen LogP contribution is 2.17. The van der Waals surface area contributed by atoms with Crippen molar-refractivity contribution in [2.24, 2.45) is 0 Å². The van der Waals surface area contributed by atoms with Gasteiger partial charge >= 0.3 is 0 Å². The van der Waals surface area contributed by atoms with Crippen LogP contribution in [-0.4, -0.2) is 41.9 Å². The van der Waals surface area contributed by atoms with E-state index >= 15 is 0 Å². The van der Waals surface area contributed by atoms with E-state index in [0.29, 0.717) is 25.3 Å². The molecule has 0 aliphatic carbocycles. The standard InChI is InChI=1S/C14H17BrFNO2/c15-6-9-19-13-4-7-17(8-5-13)14(18)11-2-1-3-12(16)10-11/h1-3,10,13H,4-9H2. The molecule has 0 bridgehead atoms. The fraction of sp³-hybridized carbons (Fsp3) is 0.500. The summed E-state index contributed by atoms with van der Waals surface area (Å²) >= 11 is 3.32. The van der Waals surface area contributed by atoms with Gasteiger partial charge in [-0.05, 0) is 31.0 Å². The number of halogens is 2. The summed E-state index contributed by atoms with van der Waals surface area (Å²) in [5.41, 5.74) is 0.417. The molecule has 0 N–H and O–H groups in total. The predicted octanol–water partition coefficient (Wildman–Crippen LogP) is 2.84. The highest BCUT2D eigenvalue weighted by atomic mass is 79.9. The molecule has 0 atom stereocenters. The number of amides is 1. The third-order valence-corrected chi connectivity index (χ3v) is 3.56. The van der Waals surface area contributed by atoms with E-state index in [1.165, 1.54) is 12.1 Å². The quantitative estimate of drug-likeness (QED) is 0.795. The maximum absolute atomic E-state index is 13.1. The number of alkyl halides is 1. The van der Waals surface area contributed by atoms with E-state index in [1.54, 1.807) is 17.0 Å². The molecular weight excluding hydrogens is 313 g/mol. The Morgan fingerprint density at radius 1 is 1.42 bits per heavy atom. The Bertz CT molecular complexity index is 433. The number of likely N-dealkylation sites (tertiary alicyclic amines) is 1. The van der Waals surface area contributed by atoms with Crippen LogP contribution < -0.4 is 0 Å². The zero-order valence-corrected chi connectivity index (χ0v) is 12.2. The van der Waals surface area contributed by atoms with Crippen molar-refractivity contribution in [1.29, 1.82) is 0 Å². The van der Waals surface area contributed by atoms with Gasteiger partial charge in [0.05, 0.1) is 12.7 Å². The lowest BCUT2D eigenvalue weighted by Crippen LogP contribution is -2.41. The summed E-state index contributed by atoms with van der Waals surface area (Å²) in [6.07, 6.45) is 1.91. The van der Waals surface area contributed by atoms with Gasteiger partial charge in [0.15, 0.2) is 0 Å². The Morgan fingerprint density at radius 2 is 2.16 bits per heavy atom. The largest absolute Gasteiger partial charge is 0.377 e. The first-order valence-corrected chi connectivity index (χ1v) is 7.55. The van der Waals surface area contributed by atoms with Crippen LogP contribution in [0.3, 0.4) is 0 Å². The van der Waals surface area contributed by atoms with Crippen molar-refractivity contribution in [3.63, 3.8) is 0 Å². The molecule has 1 amide bonds. The van der Waals surface area contributed by atoms with E-state index in [-0.39, 0.29) is 17.8 Å². The lowest BCUT2D eigenvalue weighted by molar-refractivity contribution is 0.0160. The summed E-state index contributed by atoms with van der Waals surface area (Å²) < 4.78 is 18.7. The van der Waals surface area contributed by atoms with Crippen LogP contribution in [0.2, 0.25) is 0 Å². The van der Waals surface area contributed by atoms with E-state index < -0.39 is 0 Å². The molecule has 0 spiro atoms. The summed E-state index contributed by atoms with van der Waals surface area (Å²) in [4.78, 5) is 14.0. The number of carbonyl (C=O) groups is 1. The molecule has 0 radical (unpaired) electrons. The molecule has 2 rings (SSSR count). The number of ether oxygens (including phenoxy) is 1. The van der Waals surface area contributed by atoms with E-state index in [0.717, 1.165) is 18.2 Å². The van der Waals surface area contributed by atoms with Crippen molar-refractivity contribution in [2.45, 2.75) is 18.9 Å². The fourth-order valence-corrected chi connectivity index (χ4v) is 2.43. The maximum atomic E-state index is 13.1. The Balaban J connectivity index is 1.89. The smallest absolute Gasteiger partial charge is 0.253 e. The Labute approximate surface area is 120 Å². The first-order chi connectivity index (χ1) is 9.20. The van der Waals surface area contributed by atoms with E-state index in [9.17, 15) is 9.18 Å². The number of carbonyl (C=O) groups excluding carboxylic acids is 1.